The van der Waals surface area contributed by atoms with Gasteiger partial charge in [-0.1, -0.05) is 20.3 Å². The molecular formula is C12H27NO3S. The topological polar surface area (TPSA) is 61.6 Å². The van der Waals surface area contributed by atoms with Gasteiger partial charge in [0.05, 0.1) is 29.2 Å². The Balaban J connectivity index is 0.000000437. The van der Waals surface area contributed by atoms with E-state index in [1.54, 1.807) is 0 Å². The van der Waals surface area contributed by atoms with Crippen molar-refractivity contribution >= 4 is 10.1 Å². The second-order valence-corrected chi connectivity index (χ2v) is 6.25. The van der Waals surface area contributed by atoms with Crippen LogP contribution in [0.25, 0.3) is 0 Å². The number of quaternary nitrogens is 1. The van der Waals surface area contributed by atoms with Crippen molar-refractivity contribution in [1.82, 2.24) is 0 Å². The predicted molar refractivity (Wildman–Crippen MR) is 69.2 cm³/mol. The predicted octanol–water partition coefficient (Wildman–Crippen LogP) is 0.795. The van der Waals surface area contributed by atoms with E-state index in [1.807, 2.05) is 4.90 Å². The van der Waals surface area contributed by atoms with Gasteiger partial charge >= 0.3 is 0 Å². The smallest absolute Gasteiger partial charge is 0.0916 e. The highest BCUT2D eigenvalue weighted by molar-refractivity contribution is 7.84. The lowest BCUT2D eigenvalue weighted by Crippen LogP contribution is -3.13. The van der Waals surface area contributed by atoms with Gasteiger partial charge in [0.1, 0.15) is 0 Å². The molecule has 5 heteroatoms. The molecule has 0 aromatic carbocycles. The summed E-state index contributed by atoms with van der Waals surface area (Å²) in [6.07, 6.45) is 9.23. The number of unbranched alkanes of at least 4 members (excludes halogenated alkanes) is 1. The molecule has 1 aliphatic heterocycles. The molecule has 0 radical (unpaired) electrons. The standard InChI is InChI=1S/C11H23N.CH4O3S/c1-3-5-7-11-8-6-10-12(11)9-4-2;1-5(2,3)4/h11H,3-10H2,1-2H3;1H3,(H,2,3,4). The van der Waals surface area contributed by atoms with Crippen LogP contribution in [0.2, 0.25) is 0 Å². The molecule has 2 unspecified atom stereocenters. The molecule has 0 aromatic heterocycles. The zero-order valence-electron chi connectivity index (χ0n) is 11.4. The number of likely N-dealkylation sites (tertiary alicyclic amines) is 1. The maximum atomic E-state index is 9.08. The Kier molecular flexibility index (Phi) is 8.82. The third-order valence-corrected chi connectivity index (χ3v) is 3.11. The zero-order valence-corrected chi connectivity index (χ0v) is 12.2. The molecule has 0 bridgehead atoms. The van der Waals surface area contributed by atoms with E-state index >= 15 is 0 Å². The monoisotopic (exact) mass is 265 g/mol. The van der Waals surface area contributed by atoms with Crippen LogP contribution in [0.5, 0.6) is 0 Å². The summed E-state index contributed by atoms with van der Waals surface area (Å²) in [6, 6.07) is 1.02. The van der Waals surface area contributed by atoms with Crippen molar-refractivity contribution in [3.63, 3.8) is 0 Å². The first-order valence-electron chi connectivity index (χ1n) is 6.63. The lowest BCUT2D eigenvalue weighted by Gasteiger charge is -2.20. The van der Waals surface area contributed by atoms with Crippen LogP contribution in [0.3, 0.4) is 0 Å². The normalized spacial score (nSPS) is 24.2. The second kappa shape index (κ2) is 8.89. The van der Waals surface area contributed by atoms with Crippen LogP contribution in [0, 0.1) is 0 Å². The highest BCUT2D eigenvalue weighted by Crippen LogP contribution is 2.07. The van der Waals surface area contributed by atoms with Crippen molar-refractivity contribution in [1.29, 1.82) is 0 Å². The molecule has 4 nitrogen and oxygen atoms in total. The van der Waals surface area contributed by atoms with Gasteiger partial charge in [-0.3, -0.25) is 0 Å². The fraction of sp³-hybridized carbons (Fsp3) is 1.00. The molecule has 0 spiro atoms. The van der Waals surface area contributed by atoms with Crippen LogP contribution >= 0.6 is 0 Å². The molecule has 0 amide bonds. The molecular weight excluding hydrogens is 238 g/mol. The van der Waals surface area contributed by atoms with Gasteiger partial charge in [-0.2, -0.15) is 0 Å². The van der Waals surface area contributed by atoms with E-state index in [9.17, 15) is 0 Å². The fourth-order valence-electron chi connectivity index (χ4n) is 2.43. The molecule has 0 aromatic rings. The second-order valence-electron chi connectivity index (χ2n) is 4.84. The van der Waals surface area contributed by atoms with Crippen LogP contribution < -0.4 is 4.90 Å². The van der Waals surface area contributed by atoms with Crippen molar-refractivity contribution in [2.75, 3.05) is 19.3 Å². The summed E-state index contributed by atoms with van der Waals surface area (Å²) in [7, 11) is -3.92. The van der Waals surface area contributed by atoms with Crippen molar-refractivity contribution in [3.8, 4) is 0 Å². The van der Waals surface area contributed by atoms with E-state index in [4.69, 9.17) is 13.0 Å². The minimum absolute atomic E-state index is 0.604. The summed E-state index contributed by atoms with van der Waals surface area (Å²) < 4.78 is 27.2. The lowest BCUT2D eigenvalue weighted by molar-refractivity contribution is -0.912. The maximum Gasteiger partial charge on any atom is 0.0916 e. The van der Waals surface area contributed by atoms with Crippen molar-refractivity contribution in [2.45, 2.75) is 58.4 Å². The van der Waals surface area contributed by atoms with E-state index in [1.165, 1.54) is 51.6 Å². The Hall–Kier alpha value is -0.130. The summed E-state index contributed by atoms with van der Waals surface area (Å²) in [5, 5.41) is 0. The van der Waals surface area contributed by atoms with Crippen LogP contribution in [0.15, 0.2) is 0 Å². The summed E-state index contributed by atoms with van der Waals surface area (Å²) in [4.78, 5) is 1.89. The summed E-state index contributed by atoms with van der Waals surface area (Å²) in [5.41, 5.74) is 0. The van der Waals surface area contributed by atoms with Gasteiger partial charge in [0.25, 0.3) is 0 Å². The first-order chi connectivity index (χ1) is 7.88. The SMILES string of the molecule is CCCCC1CCC[NH+]1CCC.CS(=O)(=O)[O-]. The fourth-order valence-corrected chi connectivity index (χ4v) is 2.43. The maximum absolute atomic E-state index is 9.08. The highest BCUT2D eigenvalue weighted by Gasteiger charge is 2.26. The minimum atomic E-state index is -3.92. The Morgan fingerprint density at radius 2 is 1.88 bits per heavy atom. The molecule has 0 aliphatic carbocycles. The molecule has 0 saturated carbocycles. The highest BCUT2D eigenvalue weighted by atomic mass is 32.2. The average molecular weight is 265 g/mol. The molecule has 2 atom stereocenters. The zero-order chi connectivity index (χ0) is 13.3. The van der Waals surface area contributed by atoms with E-state index in [-0.39, 0.29) is 0 Å². The molecule has 1 rings (SSSR count). The number of nitrogens with one attached hydrogen (secondary N) is 1. The quantitative estimate of drug-likeness (QED) is 0.748. The van der Waals surface area contributed by atoms with Crippen LogP contribution in [0.1, 0.15) is 52.4 Å². The average Bonchev–Trinajstić information content (AvgIpc) is 2.60. The van der Waals surface area contributed by atoms with Crippen LogP contribution in [-0.4, -0.2) is 38.4 Å². The first kappa shape index (κ1) is 16.9. The van der Waals surface area contributed by atoms with Gasteiger partial charge in [0.15, 0.2) is 0 Å². The number of hydrogen-bond acceptors (Lipinski definition) is 3. The van der Waals surface area contributed by atoms with Crippen molar-refractivity contribution in [2.24, 2.45) is 0 Å². The van der Waals surface area contributed by atoms with Crippen LogP contribution in [-0.2, 0) is 10.1 Å². The number of rotatable bonds is 5. The molecule has 17 heavy (non-hydrogen) atoms. The Morgan fingerprint density at radius 1 is 1.29 bits per heavy atom. The van der Waals surface area contributed by atoms with Gasteiger partial charge in [0, 0.05) is 19.1 Å². The Labute approximate surface area is 106 Å². The summed E-state index contributed by atoms with van der Waals surface area (Å²) >= 11 is 0. The van der Waals surface area contributed by atoms with Crippen LogP contribution in [0.4, 0.5) is 0 Å². The third kappa shape index (κ3) is 10.7. The van der Waals surface area contributed by atoms with E-state index in [0.29, 0.717) is 6.26 Å². The van der Waals surface area contributed by atoms with E-state index in [0.717, 1.165) is 6.04 Å². The number of hydrogen-bond donors (Lipinski definition) is 1. The third-order valence-electron chi connectivity index (χ3n) is 3.11. The van der Waals surface area contributed by atoms with E-state index < -0.39 is 10.1 Å². The minimum Gasteiger partial charge on any atom is -0.748 e. The van der Waals surface area contributed by atoms with E-state index in [2.05, 4.69) is 13.8 Å². The molecule has 1 fully saturated rings. The van der Waals surface area contributed by atoms with Crippen molar-refractivity contribution in [3.05, 3.63) is 0 Å². The Bertz CT molecular complexity index is 269. The molecule has 104 valence electrons. The van der Waals surface area contributed by atoms with Crippen molar-refractivity contribution < 1.29 is 17.9 Å². The largest absolute Gasteiger partial charge is 0.748 e. The van der Waals surface area contributed by atoms with Gasteiger partial charge in [-0.25, -0.2) is 8.42 Å². The molecule has 1 heterocycles. The van der Waals surface area contributed by atoms with Gasteiger partial charge in [0.2, 0.25) is 0 Å². The van der Waals surface area contributed by atoms with Gasteiger partial charge in [-0.05, 0) is 19.3 Å². The first-order valence-corrected chi connectivity index (χ1v) is 8.45. The molecule has 1 saturated heterocycles. The summed E-state index contributed by atoms with van der Waals surface area (Å²) in [5.74, 6) is 0. The van der Waals surface area contributed by atoms with Gasteiger partial charge in [-0.15, -0.1) is 0 Å². The molecule has 1 N–H and O–H groups in total. The summed E-state index contributed by atoms with van der Waals surface area (Å²) in [6.45, 7) is 7.47. The van der Waals surface area contributed by atoms with Gasteiger partial charge < -0.3 is 9.45 Å². The lowest BCUT2D eigenvalue weighted by atomic mass is 10.1. The Morgan fingerprint density at radius 3 is 2.35 bits per heavy atom. The molecule has 1 aliphatic rings.